The van der Waals surface area contributed by atoms with Crippen LogP contribution >= 0.6 is 23.1 Å². The van der Waals surface area contributed by atoms with E-state index in [-0.39, 0.29) is 5.56 Å². The third kappa shape index (κ3) is 3.31. The van der Waals surface area contributed by atoms with Crippen molar-refractivity contribution < 1.29 is 4.42 Å². The molecule has 0 N–H and O–H groups in total. The van der Waals surface area contributed by atoms with Crippen molar-refractivity contribution in [2.24, 2.45) is 0 Å². The van der Waals surface area contributed by atoms with Gasteiger partial charge >= 0.3 is 0 Å². The highest BCUT2D eigenvalue weighted by molar-refractivity contribution is 7.98. The number of hydrogen-bond donors (Lipinski definition) is 0. The van der Waals surface area contributed by atoms with E-state index in [0.717, 1.165) is 46.1 Å². The topological polar surface area (TPSA) is 48.0 Å². The molecule has 0 saturated heterocycles. The molecule has 1 aromatic carbocycles. The van der Waals surface area contributed by atoms with Crippen molar-refractivity contribution >= 4 is 33.3 Å². The Balaban J connectivity index is 1.61. The number of nitrogens with zero attached hydrogens (tertiary/aromatic N) is 2. The van der Waals surface area contributed by atoms with Gasteiger partial charge in [-0.05, 0) is 48.9 Å². The first-order chi connectivity index (χ1) is 13.8. The quantitative estimate of drug-likeness (QED) is 0.333. The predicted molar refractivity (Wildman–Crippen MR) is 114 cm³/mol. The van der Waals surface area contributed by atoms with Gasteiger partial charge in [0.05, 0.1) is 18.2 Å². The van der Waals surface area contributed by atoms with Gasteiger partial charge in [-0.1, -0.05) is 42.1 Å². The number of benzene rings is 1. The maximum Gasteiger partial charge on any atom is 0.263 e. The average Bonchev–Trinajstić information content (AvgIpc) is 3.37. The minimum Gasteiger partial charge on any atom is -0.467 e. The first-order valence-electron chi connectivity index (χ1n) is 9.54. The molecule has 0 unspecified atom stereocenters. The molecule has 4 aromatic rings. The Labute approximate surface area is 171 Å². The Bertz CT molecular complexity index is 1160. The van der Waals surface area contributed by atoms with Gasteiger partial charge in [0.2, 0.25) is 0 Å². The van der Waals surface area contributed by atoms with Crippen LogP contribution in [0.15, 0.2) is 63.1 Å². The van der Waals surface area contributed by atoms with Crippen LogP contribution in [0.3, 0.4) is 0 Å². The minimum atomic E-state index is 0.0661. The van der Waals surface area contributed by atoms with Gasteiger partial charge in [0.1, 0.15) is 10.6 Å². The van der Waals surface area contributed by atoms with Gasteiger partial charge in [0, 0.05) is 10.6 Å². The minimum absolute atomic E-state index is 0.0661. The molecule has 5 rings (SSSR count). The third-order valence-electron chi connectivity index (χ3n) is 5.14. The van der Waals surface area contributed by atoms with E-state index in [4.69, 9.17) is 9.40 Å². The van der Waals surface area contributed by atoms with Gasteiger partial charge in [-0.2, -0.15) is 0 Å². The molecule has 6 heteroatoms. The molecular formula is C22H20N2O2S2. The zero-order valence-corrected chi connectivity index (χ0v) is 17.0. The van der Waals surface area contributed by atoms with Crippen LogP contribution in [-0.4, -0.2) is 9.55 Å². The summed E-state index contributed by atoms with van der Waals surface area (Å²) in [6, 6.07) is 14.1. The summed E-state index contributed by atoms with van der Waals surface area (Å²) in [7, 11) is 0. The number of hydrogen-bond acceptors (Lipinski definition) is 5. The normalized spacial score (nSPS) is 13.7. The van der Waals surface area contributed by atoms with E-state index in [1.807, 2.05) is 30.3 Å². The summed E-state index contributed by atoms with van der Waals surface area (Å²) in [5.74, 6) is 1.55. The van der Waals surface area contributed by atoms with Gasteiger partial charge in [-0.25, -0.2) is 4.98 Å². The van der Waals surface area contributed by atoms with Crippen molar-refractivity contribution in [3.05, 3.63) is 80.8 Å². The first kappa shape index (κ1) is 17.8. The van der Waals surface area contributed by atoms with Gasteiger partial charge < -0.3 is 4.42 Å². The van der Waals surface area contributed by atoms with Crippen molar-refractivity contribution in [3.63, 3.8) is 0 Å². The molecule has 0 fully saturated rings. The Morgan fingerprint density at radius 2 is 1.96 bits per heavy atom. The highest BCUT2D eigenvalue weighted by atomic mass is 32.2. The summed E-state index contributed by atoms with van der Waals surface area (Å²) in [5.41, 5.74) is 2.52. The first-order valence-corrected chi connectivity index (χ1v) is 11.3. The molecule has 0 aliphatic heterocycles. The fourth-order valence-corrected chi connectivity index (χ4v) is 6.01. The molecule has 0 amide bonds. The molecular weight excluding hydrogens is 388 g/mol. The van der Waals surface area contributed by atoms with Crippen LogP contribution in [0.5, 0.6) is 0 Å². The second-order valence-corrected chi connectivity index (χ2v) is 9.06. The van der Waals surface area contributed by atoms with E-state index in [1.165, 1.54) is 22.4 Å². The fourth-order valence-electron chi connectivity index (χ4n) is 3.75. The Morgan fingerprint density at radius 3 is 2.79 bits per heavy atom. The van der Waals surface area contributed by atoms with Crippen molar-refractivity contribution in [3.8, 4) is 0 Å². The smallest absolute Gasteiger partial charge is 0.263 e. The van der Waals surface area contributed by atoms with Crippen LogP contribution in [0.2, 0.25) is 0 Å². The van der Waals surface area contributed by atoms with Crippen molar-refractivity contribution in [2.75, 3.05) is 0 Å². The van der Waals surface area contributed by atoms with E-state index < -0.39 is 0 Å². The Morgan fingerprint density at radius 1 is 1.11 bits per heavy atom. The summed E-state index contributed by atoms with van der Waals surface area (Å²) in [6.07, 6.45) is 6.07. The summed E-state index contributed by atoms with van der Waals surface area (Å²) in [5, 5.41) is 1.59. The maximum absolute atomic E-state index is 13.5. The molecule has 4 nitrogen and oxygen atoms in total. The lowest BCUT2D eigenvalue weighted by atomic mass is 9.97. The lowest BCUT2D eigenvalue weighted by molar-refractivity contribution is 0.476. The number of rotatable bonds is 5. The molecule has 0 saturated carbocycles. The summed E-state index contributed by atoms with van der Waals surface area (Å²) in [6.45, 7) is 0.413. The molecule has 0 atom stereocenters. The zero-order valence-electron chi connectivity index (χ0n) is 15.4. The summed E-state index contributed by atoms with van der Waals surface area (Å²) < 4.78 is 7.31. The molecule has 0 radical (unpaired) electrons. The van der Waals surface area contributed by atoms with Gasteiger partial charge in [-0.3, -0.25) is 9.36 Å². The van der Waals surface area contributed by atoms with Gasteiger partial charge in [0.25, 0.3) is 5.56 Å². The van der Waals surface area contributed by atoms with Crippen LogP contribution in [0.4, 0.5) is 0 Å². The number of aromatic nitrogens is 2. The van der Waals surface area contributed by atoms with Gasteiger partial charge in [-0.15, -0.1) is 11.3 Å². The molecule has 3 heterocycles. The molecule has 3 aromatic heterocycles. The second kappa shape index (κ2) is 7.60. The Kier molecular flexibility index (Phi) is 4.82. The maximum atomic E-state index is 13.5. The summed E-state index contributed by atoms with van der Waals surface area (Å²) in [4.78, 5) is 20.7. The monoisotopic (exact) mass is 408 g/mol. The number of fused-ring (bicyclic) bond motifs is 3. The highest BCUT2D eigenvalue weighted by Gasteiger charge is 2.22. The van der Waals surface area contributed by atoms with E-state index in [2.05, 4.69) is 12.1 Å². The number of thioether (sulfide) groups is 1. The number of furan rings is 1. The lowest BCUT2D eigenvalue weighted by Crippen LogP contribution is -2.24. The Hall–Kier alpha value is -2.31. The number of thiophene rings is 1. The van der Waals surface area contributed by atoms with Crippen molar-refractivity contribution in [2.45, 2.75) is 43.1 Å². The summed E-state index contributed by atoms with van der Waals surface area (Å²) >= 11 is 3.32. The van der Waals surface area contributed by atoms with E-state index in [0.29, 0.717) is 6.54 Å². The van der Waals surface area contributed by atoms with Crippen molar-refractivity contribution in [1.82, 2.24) is 9.55 Å². The van der Waals surface area contributed by atoms with Crippen LogP contribution in [0, 0.1) is 0 Å². The standard InChI is InChI=1S/C22H20N2O2S2/c25-21-19-17-10-4-5-11-18(17)28-20(19)23-22(24(21)13-16-9-6-12-26-16)27-14-15-7-2-1-3-8-15/h1-3,6-9,12H,4-5,10-11,13-14H2. The average molecular weight is 409 g/mol. The predicted octanol–water partition coefficient (Wildman–Crippen LogP) is 5.27. The van der Waals surface area contributed by atoms with Crippen LogP contribution in [0.1, 0.15) is 34.6 Å². The lowest BCUT2D eigenvalue weighted by Gasteiger charge is -2.13. The molecule has 0 bridgehead atoms. The second-order valence-electron chi connectivity index (χ2n) is 7.03. The van der Waals surface area contributed by atoms with Crippen LogP contribution in [0.25, 0.3) is 10.2 Å². The fraction of sp³-hybridized carbons (Fsp3) is 0.273. The third-order valence-corrected chi connectivity index (χ3v) is 7.38. The van der Waals surface area contributed by atoms with Crippen LogP contribution < -0.4 is 5.56 Å². The molecule has 1 aliphatic carbocycles. The van der Waals surface area contributed by atoms with Crippen molar-refractivity contribution in [1.29, 1.82) is 0 Å². The van der Waals surface area contributed by atoms with Gasteiger partial charge in [0.15, 0.2) is 5.16 Å². The zero-order chi connectivity index (χ0) is 18.9. The largest absolute Gasteiger partial charge is 0.467 e. The highest BCUT2D eigenvalue weighted by Crippen LogP contribution is 2.35. The molecule has 28 heavy (non-hydrogen) atoms. The van der Waals surface area contributed by atoms with E-state index in [1.54, 1.807) is 33.9 Å². The molecule has 0 spiro atoms. The molecule has 1 aliphatic rings. The molecule has 142 valence electrons. The van der Waals surface area contributed by atoms with Crippen LogP contribution in [-0.2, 0) is 25.1 Å². The van der Waals surface area contributed by atoms with E-state index in [9.17, 15) is 4.79 Å². The number of aryl methyl sites for hydroxylation is 2. The van der Waals surface area contributed by atoms with E-state index >= 15 is 0 Å². The SMILES string of the molecule is O=c1c2c3c(sc2nc(SCc2ccccc2)n1Cc1ccco1)CCCC3.